The van der Waals surface area contributed by atoms with Crippen LogP contribution in [0.2, 0.25) is 5.02 Å². The smallest absolute Gasteiger partial charge is 0.243 e. The van der Waals surface area contributed by atoms with Crippen LogP contribution in [-0.4, -0.2) is 44.8 Å². The van der Waals surface area contributed by atoms with Crippen LogP contribution >= 0.6 is 11.6 Å². The lowest BCUT2D eigenvalue weighted by molar-refractivity contribution is 0.174. The number of sulfonamides is 2. The monoisotopic (exact) mass is 576 g/mol. The zero-order valence-corrected chi connectivity index (χ0v) is 23.3. The highest BCUT2D eigenvalue weighted by molar-refractivity contribution is 7.89. The molecule has 8 nitrogen and oxygen atoms in total. The van der Waals surface area contributed by atoms with Crippen molar-refractivity contribution in [3.63, 3.8) is 0 Å². The number of fused-ring (bicyclic) bond motifs is 1. The fourth-order valence-corrected chi connectivity index (χ4v) is 8.08. The molecule has 38 heavy (non-hydrogen) atoms. The Morgan fingerprint density at radius 3 is 2.34 bits per heavy atom. The van der Waals surface area contributed by atoms with E-state index in [-0.39, 0.29) is 35.7 Å². The lowest BCUT2D eigenvalue weighted by atomic mass is 10.1. The Morgan fingerprint density at radius 1 is 0.895 bits per heavy atom. The van der Waals surface area contributed by atoms with Crippen molar-refractivity contribution in [1.29, 1.82) is 0 Å². The average Bonchev–Trinajstić information content (AvgIpc) is 3.38. The molecule has 1 saturated heterocycles. The highest BCUT2D eigenvalue weighted by atomic mass is 35.5. The molecule has 0 unspecified atom stereocenters. The molecule has 3 aromatic rings. The Kier molecular flexibility index (Phi) is 7.70. The van der Waals surface area contributed by atoms with Crippen molar-refractivity contribution in [1.82, 2.24) is 8.61 Å². The Hall–Kier alpha value is -2.63. The number of piperidine rings is 1. The Balaban J connectivity index is 1.46. The first-order valence-electron chi connectivity index (χ1n) is 12.4. The van der Waals surface area contributed by atoms with Crippen LogP contribution < -0.4 is 9.47 Å². The molecule has 5 rings (SSSR count). The molecule has 0 aliphatic carbocycles. The van der Waals surface area contributed by atoms with Gasteiger partial charge in [-0.15, -0.1) is 0 Å². The van der Waals surface area contributed by atoms with Crippen LogP contribution in [0.15, 0.2) is 76.5 Å². The molecule has 1 atom stereocenters. The first-order valence-corrected chi connectivity index (χ1v) is 15.7. The largest absolute Gasteiger partial charge is 0.454 e. The fraction of sp³-hybridized carbons (Fsp3) is 0.333. The van der Waals surface area contributed by atoms with Gasteiger partial charge in [-0.25, -0.2) is 16.8 Å². The van der Waals surface area contributed by atoms with Crippen LogP contribution in [0.1, 0.15) is 37.3 Å². The van der Waals surface area contributed by atoms with E-state index in [1.54, 1.807) is 42.5 Å². The van der Waals surface area contributed by atoms with Gasteiger partial charge in [-0.2, -0.15) is 8.61 Å². The summed E-state index contributed by atoms with van der Waals surface area (Å²) in [4.78, 5) is 0.0783. The number of hydrogen-bond acceptors (Lipinski definition) is 6. The molecule has 0 bridgehead atoms. The van der Waals surface area contributed by atoms with Gasteiger partial charge in [0.15, 0.2) is 11.5 Å². The van der Waals surface area contributed by atoms with Gasteiger partial charge >= 0.3 is 0 Å². The number of ether oxygens (including phenoxy) is 2. The van der Waals surface area contributed by atoms with Gasteiger partial charge in [-0.1, -0.05) is 42.3 Å². The first kappa shape index (κ1) is 27.0. The predicted octanol–water partition coefficient (Wildman–Crippen LogP) is 5.02. The lowest BCUT2D eigenvalue weighted by Gasteiger charge is -2.32. The highest BCUT2D eigenvalue weighted by Gasteiger charge is 2.32. The molecule has 0 amide bonds. The number of rotatable bonds is 8. The molecular formula is C27H29ClN2O6S2. The van der Waals surface area contributed by atoms with Crippen LogP contribution in [0.3, 0.4) is 0 Å². The van der Waals surface area contributed by atoms with E-state index in [0.29, 0.717) is 34.2 Å². The molecule has 202 valence electrons. The highest BCUT2D eigenvalue weighted by Crippen LogP contribution is 2.34. The second-order valence-electron chi connectivity index (χ2n) is 9.48. The van der Waals surface area contributed by atoms with Gasteiger partial charge in [0.05, 0.1) is 9.79 Å². The first-order chi connectivity index (χ1) is 18.2. The van der Waals surface area contributed by atoms with Crippen LogP contribution in [0.25, 0.3) is 0 Å². The summed E-state index contributed by atoms with van der Waals surface area (Å²) in [6.07, 6.45) is 2.62. The topological polar surface area (TPSA) is 93.2 Å². The van der Waals surface area contributed by atoms with Crippen molar-refractivity contribution >= 4 is 31.6 Å². The lowest BCUT2D eigenvalue weighted by Crippen LogP contribution is -2.41. The fourth-order valence-electron chi connectivity index (χ4n) is 4.78. The van der Waals surface area contributed by atoms with Crippen molar-refractivity contribution in [3.05, 3.63) is 82.9 Å². The van der Waals surface area contributed by atoms with Gasteiger partial charge in [0.2, 0.25) is 26.8 Å². The van der Waals surface area contributed by atoms with E-state index in [2.05, 4.69) is 0 Å². The number of benzene rings is 3. The minimum absolute atomic E-state index is 0.00376. The SMILES string of the molecule is C[C@@H]1CCCCN1S(=O)(=O)c1ccc(S(=O)(=O)N(Cc2ccc3c(c2)OCO3)Cc2ccccc2Cl)cc1. The van der Waals surface area contributed by atoms with Gasteiger partial charge in [0.25, 0.3) is 0 Å². The van der Waals surface area contributed by atoms with E-state index in [9.17, 15) is 16.8 Å². The van der Waals surface area contributed by atoms with E-state index in [0.717, 1.165) is 19.3 Å². The Morgan fingerprint density at radius 2 is 1.61 bits per heavy atom. The normalized spacial score (nSPS) is 18.1. The number of halogens is 1. The zero-order chi connectivity index (χ0) is 26.9. The third-order valence-corrected chi connectivity index (χ3v) is 11.1. The van der Waals surface area contributed by atoms with Crippen molar-refractivity contribution < 1.29 is 26.3 Å². The van der Waals surface area contributed by atoms with E-state index >= 15 is 0 Å². The van der Waals surface area contributed by atoms with Gasteiger partial charge in [-0.05, 0) is 73.4 Å². The average molecular weight is 577 g/mol. The summed E-state index contributed by atoms with van der Waals surface area (Å²) in [6.45, 7) is 2.56. The molecule has 0 radical (unpaired) electrons. The predicted molar refractivity (Wildman–Crippen MR) is 144 cm³/mol. The number of hydrogen-bond donors (Lipinski definition) is 0. The third-order valence-electron chi connectivity index (χ3n) is 6.91. The van der Waals surface area contributed by atoms with Gasteiger partial charge in [0.1, 0.15) is 0 Å². The second kappa shape index (κ2) is 10.9. The maximum absolute atomic E-state index is 13.9. The van der Waals surface area contributed by atoms with Crippen LogP contribution in [0, 0.1) is 0 Å². The summed E-state index contributed by atoms with van der Waals surface area (Å²) < 4.78 is 67.9. The van der Waals surface area contributed by atoms with Crippen LogP contribution in [0.4, 0.5) is 0 Å². The minimum Gasteiger partial charge on any atom is -0.454 e. The Bertz CT molecular complexity index is 1530. The molecule has 11 heteroatoms. The van der Waals surface area contributed by atoms with E-state index in [1.165, 1.54) is 32.9 Å². The summed E-state index contributed by atoms with van der Waals surface area (Å²) in [5.74, 6) is 1.16. The molecule has 2 aliphatic rings. The second-order valence-corrected chi connectivity index (χ2v) is 13.7. The molecule has 2 aliphatic heterocycles. The molecular weight excluding hydrogens is 548 g/mol. The summed E-state index contributed by atoms with van der Waals surface area (Å²) in [6, 6.07) is 17.7. The standard InChI is InChI=1S/C27H29ClN2O6S2/c1-20-6-4-5-15-30(20)38(33,34)24-12-10-23(11-13-24)37(31,32)29(18-22-7-2-3-8-25(22)28)17-21-9-14-26-27(16-21)36-19-35-26/h2-3,7-14,16,20H,4-6,15,17-19H2,1H3/t20-/m1/s1. The maximum Gasteiger partial charge on any atom is 0.243 e. The van der Waals surface area contributed by atoms with Crippen LogP contribution in [-0.2, 0) is 33.1 Å². The molecule has 3 aromatic carbocycles. The van der Waals surface area contributed by atoms with E-state index in [4.69, 9.17) is 21.1 Å². The Labute approximate surface area is 228 Å². The molecule has 2 heterocycles. The van der Waals surface area contributed by atoms with Gasteiger partial charge < -0.3 is 9.47 Å². The molecule has 0 spiro atoms. The summed E-state index contributed by atoms with van der Waals surface area (Å²) in [7, 11) is -7.75. The molecule has 1 fully saturated rings. The third kappa shape index (κ3) is 5.41. The summed E-state index contributed by atoms with van der Waals surface area (Å²) >= 11 is 6.37. The van der Waals surface area contributed by atoms with E-state index in [1.807, 2.05) is 6.92 Å². The van der Waals surface area contributed by atoms with Crippen molar-refractivity contribution in [3.8, 4) is 11.5 Å². The van der Waals surface area contributed by atoms with Gasteiger partial charge in [0, 0.05) is 30.7 Å². The van der Waals surface area contributed by atoms with E-state index < -0.39 is 20.0 Å². The molecule has 0 aromatic heterocycles. The summed E-state index contributed by atoms with van der Waals surface area (Å²) in [5.41, 5.74) is 1.36. The van der Waals surface area contributed by atoms with Crippen molar-refractivity contribution in [2.45, 2.75) is 55.1 Å². The van der Waals surface area contributed by atoms with Gasteiger partial charge in [-0.3, -0.25) is 0 Å². The quantitative estimate of drug-likeness (QED) is 0.374. The molecule has 0 N–H and O–H groups in total. The number of nitrogens with zero attached hydrogens (tertiary/aromatic N) is 2. The molecule has 0 saturated carbocycles. The van der Waals surface area contributed by atoms with Crippen molar-refractivity contribution in [2.75, 3.05) is 13.3 Å². The van der Waals surface area contributed by atoms with Crippen LogP contribution in [0.5, 0.6) is 11.5 Å². The summed E-state index contributed by atoms with van der Waals surface area (Å²) in [5, 5.41) is 0.454. The maximum atomic E-state index is 13.9. The minimum atomic E-state index is -4.03. The zero-order valence-electron chi connectivity index (χ0n) is 20.9. The van der Waals surface area contributed by atoms with Crippen molar-refractivity contribution in [2.24, 2.45) is 0 Å².